The number of pyridine rings is 1. The fraction of sp³-hybridized carbons (Fsp3) is 0.476. The highest BCUT2D eigenvalue weighted by Gasteiger charge is 2.34. The van der Waals surface area contributed by atoms with Crippen LogP contribution in [0.5, 0.6) is 5.75 Å². The van der Waals surface area contributed by atoms with Crippen molar-refractivity contribution in [2.24, 2.45) is 0 Å². The van der Waals surface area contributed by atoms with E-state index in [1.165, 1.54) is 12.4 Å². The molecule has 5 heteroatoms. The van der Waals surface area contributed by atoms with Crippen molar-refractivity contribution in [3.63, 3.8) is 0 Å². The third-order valence-corrected chi connectivity index (χ3v) is 4.29. The van der Waals surface area contributed by atoms with Crippen LogP contribution >= 0.6 is 0 Å². The number of benzene rings is 1. The lowest BCUT2D eigenvalue weighted by Crippen LogP contribution is -2.13. The van der Waals surface area contributed by atoms with Gasteiger partial charge in [-0.2, -0.15) is 13.2 Å². The highest BCUT2D eigenvalue weighted by atomic mass is 19.4. The summed E-state index contributed by atoms with van der Waals surface area (Å²) in [6, 6.07) is 6.98. The van der Waals surface area contributed by atoms with Crippen LogP contribution in [0, 0.1) is 0 Å². The predicted molar refractivity (Wildman–Crippen MR) is 97.7 cm³/mol. The number of nitrogens with zero attached hydrogens (tertiary/aromatic N) is 1. The average molecular weight is 365 g/mol. The molecule has 2 nitrogen and oxygen atoms in total. The van der Waals surface area contributed by atoms with Gasteiger partial charge in [0.2, 0.25) is 0 Å². The molecule has 1 unspecified atom stereocenters. The number of ether oxygens (including phenoxy) is 1. The second kappa shape index (κ2) is 8.11. The molecule has 0 bridgehead atoms. The molecule has 142 valence electrons. The molecule has 0 aliphatic rings. The molecule has 0 spiro atoms. The molecule has 0 aliphatic heterocycles. The molecule has 0 fully saturated rings. The zero-order chi connectivity index (χ0) is 19.5. The van der Waals surface area contributed by atoms with Gasteiger partial charge in [-0.1, -0.05) is 32.9 Å². The van der Waals surface area contributed by atoms with E-state index in [0.29, 0.717) is 12.3 Å². The van der Waals surface area contributed by atoms with Gasteiger partial charge in [0.15, 0.2) is 0 Å². The average Bonchev–Trinajstić information content (AvgIpc) is 2.53. The van der Waals surface area contributed by atoms with Crippen molar-refractivity contribution in [1.29, 1.82) is 0 Å². The van der Waals surface area contributed by atoms with E-state index in [9.17, 15) is 13.2 Å². The van der Waals surface area contributed by atoms with Crippen LogP contribution in [0.25, 0.3) is 0 Å². The van der Waals surface area contributed by atoms with Crippen molar-refractivity contribution in [2.45, 2.75) is 65.2 Å². The van der Waals surface area contributed by atoms with Crippen LogP contribution in [0.2, 0.25) is 0 Å². The van der Waals surface area contributed by atoms with E-state index in [1.54, 1.807) is 6.92 Å². The Morgan fingerprint density at radius 1 is 1.00 bits per heavy atom. The quantitative estimate of drug-likeness (QED) is 0.594. The van der Waals surface area contributed by atoms with E-state index < -0.39 is 11.7 Å². The van der Waals surface area contributed by atoms with E-state index in [2.05, 4.69) is 18.8 Å². The van der Waals surface area contributed by atoms with E-state index in [0.717, 1.165) is 22.9 Å². The third kappa shape index (κ3) is 4.99. The Labute approximate surface area is 153 Å². The Balaban J connectivity index is 2.31. The van der Waals surface area contributed by atoms with Crippen LogP contribution in [0.1, 0.15) is 68.7 Å². The van der Waals surface area contributed by atoms with Gasteiger partial charge in [0.1, 0.15) is 5.75 Å². The second-order valence-electron chi connectivity index (χ2n) is 7.26. The van der Waals surface area contributed by atoms with Crippen LogP contribution in [0.15, 0.2) is 36.7 Å². The number of hydrogen-bond acceptors (Lipinski definition) is 2. The fourth-order valence-electron chi connectivity index (χ4n) is 3.06. The summed E-state index contributed by atoms with van der Waals surface area (Å²) in [4.78, 5) is 3.89. The molecular weight excluding hydrogens is 339 g/mol. The Bertz CT molecular complexity index is 738. The summed E-state index contributed by atoms with van der Waals surface area (Å²) < 4.78 is 45.7. The van der Waals surface area contributed by atoms with Gasteiger partial charge in [-0.15, -0.1) is 0 Å². The maximum Gasteiger partial charge on any atom is 0.416 e. The number of halogens is 3. The third-order valence-electron chi connectivity index (χ3n) is 4.29. The first-order valence-corrected chi connectivity index (χ1v) is 8.90. The van der Waals surface area contributed by atoms with Crippen molar-refractivity contribution < 1.29 is 17.9 Å². The van der Waals surface area contributed by atoms with Gasteiger partial charge in [-0.3, -0.25) is 4.98 Å². The Morgan fingerprint density at radius 2 is 1.69 bits per heavy atom. The molecule has 2 rings (SSSR count). The first kappa shape index (κ1) is 20.3. The summed E-state index contributed by atoms with van der Waals surface area (Å²) in [6.07, 6.45) is -1.34. The molecule has 1 aromatic carbocycles. The van der Waals surface area contributed by atoms with Gasteiger partial charge >= 0.3 is 6.18 Å². The van der Waals surface area contributed by atoms with Crippen molar-refractivity contribution in [3.05, 3.63) is 58.9 Å². The first-order valence-electron chi connectivity index (χ1n) is 8.90. The topological polar surface area (TPSA) is 22.1 Å². The molecule has 26 heavy (non-hydrogen) atoms. The molecule has 2 aromatic rings. The molecule has 0 saturated carbocycles. The molecule has 0 N–H and O–H groups in total. The molecule has 0 amide bonds. The lowest BCUT2D eigenvalue weighted by Gasteiger charge is -2.20. The first-order chi connectivity index (χ1) is 12.1. The van der Waals surface area contributed by atoms with Crippen molar-refractivity contribution >= 4 is 0 Å². The molecule has 1 heterocycles. The summed E-state index contributed by atoms with van der Waals surface area (Å²) in [7, 11) is 0. The fourth-order valence-corrected chi connectivity index (χ4v) is 3.06. The second-order valence-corrected chi connectivity index (χ2v) is 7.26. The van der Waals surface area contributed by atoms with Crippen LogP contribution in [-0.2, 0) is 12.6 Å². The highest BCUT2D eigenvalue weighted by molar-refractivity contribution is 5.41. The van der Waals surface area contributed by atoms with Gasteiger partial charge < -0.3 is 4.74 Å². The maximum atomic E-state index is 13.2. The van der Waals surface area contributed by atoms with Crippen molar-refractivity contribution in [3.8, 4) is 5.75 Å². The largest absolute Gasteiger partial charge is 0.491 e. The lowest BCUT2D eigenvalue weighted by atomic mass is 9.90. The monoisotopic (exact) mass is 365 g/mol. The minimum Gasteiger partial charge on any atom is -0.491 e. The van der Waals surface area contributed by atoms with Crippen LogP contribution in [0.4, 0.5) is 13.2 Å². The molecular formula is C21H26F3NO. The highest BCUT2D eigenvalue weighted by Crippen LogP contribution is 2.36. The minimum absolute atomic E-state index is 0.0373. The number of hydrogen-bond donors (Lipinski definition) is 0. The van der Waals surface area contributed by atoms with Crippen LogP contribution < -0.4 is 4.74 Å². The minimum atomic E-state index is -4.38. The van der Waals surface area contributed by atoms with Crippen molar-refractivity contribution in [2.75, 3.05) is 0 Å². The molecule has 0 saturated heterocycles. The molecule has 0 aliphatic carbocycles. The van der Waals surface area contributed by atoms with Crippen LogP contribution in [-0.4, -0.2) is 11.1 Å². The predicted octanol–water partition coefficient (Wildman–Crippen LogP) is 6.36. The van der Waals surface area contributed by atoms with E-state index in [4.69, 9.17) is 4.74 Å². The summed E-state index contributed by atoms with van der Waals surface area (Å²) in [5, 5.41) is 0. The SMILES string of the molecule is CC(C)Oc1cc(CC(C)c2cnccc2C(F)(F)F)ccc1C(C)C. The summed E-state index contributed by atoms with van der Waals surface area (Å²) in [6.45, 7) is 9.91. The smallest absolute Gasteiger partial charge is 0.416 e. The summed E-state index contributed by atoms with van der Waals surface area (Å²) in [5.41, 5.74) is 1.67. The van der Waals surface area contributed by atoms with Gasteiger partial charge in [-0.05, 0) is 60.9 Å². The zero-order valence-corrected chi connectivity index (χ0v) is 15.9. The zero-order valence-electron chi connectivity index (χ0n) is 15.9. The maximum absolute atomic E-state index is 13.2. The Morgan fingerprint density at radius 3 is 2.27 bits per heavy atom. The van der Waals surface area contributed by atoms with Gasteiger partial charge in [-0.25, -0.2) is 0 Å². The Hall–Kier alpha value is -2.04. The molecule has 0 radical (unpaired) electrons. The normalized spacial score (nSPS) is 13.3. The number of aromatic nitrogens is 1. The number of rotatable bonds is 6. The van der Waals surface area contributed by atoms with Gasteiger partial charge in [0, 0.05) is 12.4 Å². The van der Waals surface area contributed by atoms with Crippen molar-refractivity contribution in [1.82, 2.24) is 4.98 Å². The van der Waals surface area contributed by atoms with E-state index in [-0.39, 0.29) is 17.6 Å². The summed E-state index contributed by atoms with van der Waals surface area (Å²) in [5.74, 6) is 0.810. The van der Waals surface area contributed by atoms with Gasteiger partial charge in [0.25, 0.3) is 0 Å². The lowest BCUT2D eigenvalue weighted by molar-refractivity contribution is -0.138. The van der Waals surface area contributed by atoms with Crippen LogP contribution in [0.3, 0.4) is 0 Å². The van der Waals surface area contributed by atoms with E-state index in [1.807, 2.05) is 32.0 Å². The molecule has 1 atom stereocenters. The van der Waals surface area contributed by atoms with Gasteiger partial charge in [0.05, 0.1) is 11.7 Å². The molecule has 1 aromatic heterocycles. The Kier molecular flexibility index (Phi) is 6.32. The number of alkyl halides is 3. The summed E-state index contributed by atoms with van der Waals surface area (Å²) >= 11 is 0. The standard InChI is InChI=1S/C21H26F3NO/c1-13(2)17-7-6-16(11-20(17)26-14(3)4)10-15(5)18-12-25-9-8-19(18)21(22,23)24/h6-9,11-15H,10H2,1-5H3. The van der Waals surface area contributed by atoms with E-state index >= 15 is 0 Å².